The summed E-state index contributed by atoms with van der Waals surface area (Å²) in [6, 6.07) is -1.93. The summed E-state index contributed by atoms with van der Waals surface area (Å²) >= 11 is 0. The van der Waals surface area contributed by atoms with E-state index in [-0.39, 0.29) is 5.69 Å². The first kappa shape index (κ1) is 11.9. The van der Waals surface area contributed by atoms with Crippen molar-refractivity contribution in [2.75, 3.05) is 0 Å². The maximum atomic E-state index is 12.5. The van der Waals surface area contributed by atoms with Gasteiger partial charge in [0.1, 0.15) is 0 Å². The number of aromatic nitrogens is 3. The Morgan fingerprint density at radius 1 is 1.60 bits per heavy atom. The summed E-state index contributed by atoms with van der Waals surface area (Å²) in [4.78, 5) is 0. The molecule has 0 aliphatic carbocycles. The van der Waals surface area contributed by atoms with Crippen LogP contribution in [0.25, 0.3) is 0 Å². The minimum atomic E-state index is -4.46. The first-order valence-corrected chi connectivity index (χ1v) is 4.42. The molecule has 0 bridgehead atoms. The summed E-state index contributed by atoms with van der Waals surface area (Å²) in [6.07, 6.45) is -2.72. The monoisotopic (exact) mass is 223 g/mol. The molecule has 86 valence electrons. The van der Waals surface area contributed by atoms with E-state index >= 15 is 0 Å². The van der Waals surface area contributed by atoms with Crippen molar-refractivity contribution in [1.82, 2.24) is 20.4 Å². The molecule has 0 saturated heterocycles. The number of nitrogens with one attached hydrogen (secondary N) is 1. The molecule has 15 heavy (non-hydrogen) atoms. The van der Waals surface area contributed by atoms with Gasteiger partial charge in [-0.25, -0.2) is 10.1 Å². The van der Waals surface area contributed by atoms with Crippen LogP contribution < -0.4 is 11.3 Å². The van der Waals surface area contributed by atoms with Crippen LogP contribution in [0.15, 0.2) is 6.20 Å². The molecule has 0 radical (unpaired) electrons. The number of nitrogens with zero attached hydrogens (tertiary/aromatic N) is 3. The minimum absolute atomic E-state index is 0.0770. The number of nitrogens with two attached hydrogens (primary N) is 1. The van der Waals surface area contributed by atoms with Crippen LogP contribution in [0.4, 0.5) is 13.2 Å². The molecular formula is C7H12F3N5. The van der Waals surface area contributed by atoms with Crippen LogP contribution in [0.2, 0.25) is 0 Å². The largest absolute Gasteiger partial charge is 0.410 e. The van der Waals surface area contributed by atoms with Crippen LogP contribution in [-0.4, -0.2) is 21.2 Å². The quantitative estimate of drug-likeness (QED) is 0.584. The molecule has 1 unspecified atom stereocenters. The zero-order valence-corrected chi connectivity index (χ0v) is 8.12. The van der Waals surface area contributed by atoms with E-state index in [1.54, 1.807) is 5.43 Å². The van der Waals surface area contributed by atoms with Gasteiger partial charge in [-0.3, -0.25) is 5.84 Å². The number of aryl methyl sites for hydroxylation is 1. The Morgan fingerprint density at radius 3 is 2.73 bits per heavy atom. The molecule has 0 spiro atoms. The number of halogens is 3. The van der Waals surface area contributed by atoms with Crippen molar-refractivity contribution in [3.8, 4) is 0 Å². The lowest BCUT2D eigenvalue weighted by Gasteiger charge is -2.19. The van der Waals surface area contributed by atoms with Crippen molar-refractivity contribution in [3.05, 3.63) is 11.9 Å². The van der Waals surface area contributed by atoms with Gasteiger partial charge < -0.3 is 0 Å². The van der Waals surface area contributed by atoms with E-state index in [0.29, 0.717) is 13.0 Å². The molecule has 3 N–H and O–H groups in total. The van der Waals surface area contributed by atoms with Crippen LogP contribution >= 0.6 is 0 Å². The third-order valence-electron chi connectivity index (χ3n) is 1.87. The molecule has 0 aromatic carbocycles. The number of hydrazine groups is 1. The van der Waals surface area contributed by atoms with Gasteiger partial charge in [-0.2, -0.15) is 13.2 Å². The van der Waals surface area contributed by atoms with Gasteiger partial charge >= 0.3 is 6.18 Å². The summed E-state index contributed by atoms with van der Waals surface area (Å²) in [7, 11) is 0. The maximum absolute atomic E-state index is 12.5. The predicted octanol–water partition coefficient (Wildman–Crippen LogP) is 0.755. The molecule has 0 aliphatic heterocycles. The standard InChI is InChI=1S/C7H12F3N5/c1-2-3-15-5(4-12-14-15)6(13-11)7(8,9)10/h4,6,13H,2-3,11H2,1H3. The van der Waals surface area contributed by atoms with Crippen molar-refractivity contribution in [2.45, 2.75) is 32.1 Å². The first-order valence-electron chi connectivity index (χ1n) is 4.42. The highest BCUT2D eigenvalue weighted by atomic mass is 19.4. The van der Waals surface area contributed by atoms with Gasteiger partial charge in [-0.1, -0.05) is 12.1 Å². The molecule has 1 atom stereocenters. The van der Waals surface area contributed by atoms with E-state index in [1.807, 2.05) is 6.92 Å². The molecule has 1 rings (SSSR count). The van der Waals surface area contributed by atoms with Gasteiger partial charge in [0.2, 0.25) is 0 Å². The Labute approximate surface area is 84.4 Å². The van der Waals surface area contributed by atoms with E-state index in [1.165, 1.54) is 4.68 Å². The fourth-order valence-corrected chi connectivity index (χ4v) is 1.22. The Balaban J connectivity index is 2.96. The Bertz CT molecular complexity index is 308. The number of hydrogen-bond donors (Lipinski definition) is 2. The van der Waals surface area contributed by atoms with Gasteiger partial charge in [0.15, 0.2) is 6.04 Å². The van der Waals surface area contributed by atoms with E-state index < -0.39 is 12.2 Å². The summed E-state index contributed by atoms with van der Waals surface area (Å²) in [6.45, 7) is 2.22. The Morgan fingerprint density at radius 2 is 2.27 bits per heavy atom. The molecule has 1 aromatic rings. The summed E-state index contributed by atoms with van der Waals surface area (Å²) in [5.41, 5.74) is 1.64. The van der Waals surface area contributed by atoms with Crippen LogP contribution in [-0.2, 0) is 6.54 Å². The average Bonchev–Trinajstić information content (AvgIpc) is 2.53. The summed E-state index contributed by atoms with van der Waals surface area (Å²) in [5, 5.41) is 7.00. The lowest BCUT2D eigenvalue weighted by atomic mass is 10.2. The fraction of sp³-hybridized carbons (Fsp3) is 0.714. The molecule has 0 fully saturated rings. The Kier molecular flexibility index (Phi) is 3.64. The van der Waals surface area contributed by atoms with Crippen molar-refractivity contribution >= 4 is 0 Å². The normalized spacial score (nSPS) is 14.2. The third-order valence-corrected chi connectivity index (χ3v) is 1.87. The van der Waals surface area contributed by atoms with E-state index in [9.17, 15) is 13.2 Å². The second-order valence-corrected chi connectivity index (χ2v) is 3.02. The maximum Gasteiger partial charge on any atom is 0.410 e. The molecule has 0 amide bonds. The molecule has 5 nitrogen and oxygen atoms in total. The van der Waals surface area contributed by atoms with Crippen LogP contribution in [0.5, 0.6) is 0 Å². The smallest absolute Gasteiger partial charge is 0.271 e. The summed E-state index contributed by atoms with van der Waals surface area (Å²) < 4.78 is 38.7. The van der Waals surface area contributed by atoms with E-state index in [2.05, 4.69) is 10.3 Å². The van der Waals surface area contributed by atoms with E-state index in [0.717, 1.165) is 6.20 Å². The topological polar surface area (TPSA) is 68.8 Å². The Hall–Kier alpha value is -1.15. The highest BCUT2D eigenvalue weighted by molar-refractivity contribution is 5.04. The van der Waals surface area contributed by atoms with Crippen LogP contribution in [0.3, 0.4) is 0 Å². The molecule has 1 aromatic heterocycles. The van der Waals surface area contributed by atoms with Crippen LogP contribution in [0, 0.1) is 0 Å². The number of alkyl halides is 3. The molecule has 8 heteroatoms. The van der Waals surface area contributed by atoms with Crippen molar-refractivity contribution < 1.29 is 13.2 Å². The molecule has 1 heterocycles. The van der Waals surface area contributed by atoms with Crippen LogP contribution in [0.1, 0.15) is 25.1 Å². The second-order valence-electron chi connectivity index (χ2n) is 3.02. The summed E-state index contributed by atoms with van der Waals surface area (Å²) in [5.74, 6) is 4.88. The minimum Gasteiger partial charge on any atom is -0.271 e. The SMILES string of the molecule is CCCn1nncc1C(NN)C(F)(F)F. The van der Waals surface area contributed by atoms with Gasteiger partial charge in [-0.15, -0.1) is 5.10 Å². The zero-order valence-electron chi connectivity index (χ0n) is 8.12. The molecular weight excluding hydrogens is 211 g/mol. The number of rotatable bonds is 4. The lowest BCUT2D eigenvalue weighted by molar-refractivity contribution is -0.159. The van der Waals surface area contributed by atoms with Gasteiger partial charge in [-0.05, 0) is 6.42 Å². The molecule has 0 aliphatic rings. The predicted molar refractivity (Wildman–Crippen MR) is 46.4 cm³/mol. The van der Waals surface area contributed by atoms with Crippen molar-refractivity contribution in [2.24, 2.45) is 5.84 Å². The van der Waals surface area contributed by atoms with Crippen molar-refractivity contribution in [3.63, 3.8) is 0 Å². The fourth-order valence-electron chi connectivity index (χ4n) is 1.22. The molecule has 0 saturated carbocycles. The highest BCUT2D eigenvalue weighted by Crippen LogP contribution is 2.31. The van der Waals surface area contributed by atoms with Gasteiger partial charge in [0.25, 0.3) is 0 Å². The third kappa shape index (κ3) is 2.66. The van der Waals surface area contributed by atoms with Crippen molar-refractivity contribution in [1.29, 1.82) is 0 Å². The lowest BCUT2D eigenvalue weighted by Crippen LogP contribution is -2.39. The van der Waals surface area contributed by atoms with Gasteiger partial charge in [0, 0.05) is 6.54 Å². The zero-order chi connectivity index (χ0) is 11.5. The number of hydrogen-bond acceptors (Lipinski definition) is 4. The average molecular weight is 223 g/mol. The van der Waals surface area contributed by atoms with Gasteiger partial charge in [0.05, 0.1) is 11.9 Å². The first-order chi connectivity index (χ1) is 7.00. The highest BCUT2D eigenvalue weighted by Gasteiger charge is 2.42. The second kappa shape index (κ2) is 4.58. The van der Waals surface area contributed by atoms with E-state index in [4.69, 9.17) is 5.84 Å².